The van der Waals surface area contributed by atoms with Gasteiger partial charge >= 0.3 is 33.6 Å². The Kier molecular flexibility index (Phi) is 84.7. The number of allylic oxidation sites excluding steroid dienone is 26. The molecule has 0 bridgehead atoms. The minimum absolute atomic E-state index is 0.0902. The van der Waals surface area contributed by atoms with Gasteiger partial charge in [0, 0.05) is 19.3 Å². The molecule has 0 aliphatic heterocycles. The van der Waals surface area contributed by atoms with Crippen molar-refractivity contribution in [2.75, 3.05) is 39.6 Å². The van der Waals surface area contributed by atoms with E-state index in [-0.39, 0.29) is 19.3 Å². The van der Waals surface area contributed by atoms with Crippen molar-refractivity contribution in [2.45, 2.75) is 399 Å². The summed E-state index contributed by atoms with van der Waals surface area (Å²) in [6.07, 6.45) is 113. The Morgan fingerprint density at radius 3 is 0.687 bits per heavy atom. The fraction of sp³-hybridized carbons (Fsp3) is 0.701. The third kappa shape index (κ3) is 89.8. The lowest BCUT2D eigenvalue weighted by molar-refractivity contribution is -0.161. The Morgan fingerprint density at radius 2 is 0.435 bits per heavy atom. The first kappa shape index (κ1) is 110. The molecule has 0 saturated carbocycles. The van der Waals surface area contributed by atoms with E-state index < -0.39 is 91.5 Å². The van der Waals surface area contributed by atoms with Gasteiger partial charge in [-0.25, -0.2) is 9.13 Å². The number of hydrogen-bond acceptors (Lipinski definition) is 14. The Bertz CT molecular complexity index is 2720. The molecular formula is C97H166O16P2. The fourth-order valence-corrected chi connectivity index (χ4v) is 14.0. The summed E-state index contributed by atoms with van der Waals surface area (Å²) in [5.41, 5.74) is 0. The van der Waals surface area contributed by atoms with Crippen molar-refractivity contribution in [3.63, 3.8) is 0 Å². The van der Waals surface area contributed by atoms with Crippen molar-refractivity contribution < 1.29 is 75.8 Å². The van der Waals surface area contributed by atoms with Crippen LogP contribution in [0.4, 0.5) is 0 Å². The Labute approximate surface area is 701 Å². The Morgan fingerprint density at radius 1 is 0.243 bits per heavy atom. The molecule has 0 aliphatic carbocycles. The zero-order valence-corrected chi connectivity index (χ0v) is 74.5. The lowest BCUT2D eigenvalue weighted by Gasteiger charge is -2.21. The number of esters is 3. The molecule has 5 atom stereocenters. The van der Waals surface area contributed by atoms with E-state index in [1.807, 2.05) is 0 Å². The number of phosphoric ester groups is 2. The fourth-order valence-electron chi connectivity index (χ4n) is 12.4. The highest BCUT2D eigenvalue weighted by molar-refractivity contribution is 7.47. The quantitative estimate of drug-likeness (QED) is 0.0146. The second-order valence-electron chi connectivity index (χ2n) is 30.3. The molecule has 0 spiro atoms. The smallest absolute Gasteiger partial charge is 0.463 e. The van der Waals surface area contributed by atoms with Gasteiger partial charge in [-0.05, 0) is 141 Å². The van der Waals surface area contributed by atoms with Crippen molar-refractivity contribution in [3.05, 3.63) is 158 Å². The van der Waals surface area contributed by atoms with Gasteiger partial charge in [0.25, 0.3) is 0 Å². The van der Waals surface area contributed by atoms with Crippen LogP contribution < -0.4 is 0 Å². The molecule has 0 aromatic carbocycles. The van der Waals surface area contributed by atoms with Crippen LogP contribution in [-0.4, -0.2) is 95.9 Å². The van der Waals surface area contributed by atoms with Crippen LogP contribution in [0.3, 0.4) is 0 Å². The lowest BCUT2D eigenvalue weighted by atomic mass is 10.0. The van der Waals surface area contributed by atoms with E-state index in [4.69, 9.17) is 32.3 Å². The van der Waals surface area contributed by atoms with Gasteiger partial charge in [-0.15, -0.1) is 0 Å². The van der Waals surface area contributed by atoms with Crippen LogP contribution in [0.25, 0.3) is 0 Å². The van der Waals surface area contributed by atoms with E-state index in [1.165, 1.54) is 141 Å². The molecule has 4 N–H and O–H groups in total. The van der Waals surface area contributed by atoms with Crippen molar-refractivity contribution in [3.8, 4) is 0 Å². The average Bonchev–Trinajstić information content (AvgIpc) is 0.926. The molecular weight excluding hydrogens is 1480 g/mol. The van der Waals surface area contributed by atoms with E-state index in [9.17, 15) is 43.5 Å². The largest absolute Gasteiger partial charge is 0.472 e. The SMILES string of the molecule is CC/C=C\C/C=C\C/C=C\C/C=C\C/C=C\CCCCCCCCCCCCCCCCCCCCCC(=O)OCC(O)COP(=O)(O)OCC(O)COP(=O)(O)OCC(COC(=O)CCCCCCCCCCCCC/C=C\C/C=C\C/C=C\C/C=C\C/C=C\CC)OC(=O)CCCCCCCCC/C=C\C/C=C\C/C=C\CC. The van der Waals surface area contributed by atoms with Crippen LogP contribution in [0.5, 0.6) is 0 Å². The number of ether oxygens (including phenoxy) is 3. The van der Waals surface area contributed by atoms with Crippen molar-refractivity contribution in [1.29, 1.82) is 0 Å². The summed E-state index contributed by atoms with van der Waals surface area (Å²) in [7, 11) is -9.81. The molecule has 18 heteroatoms. The molecule has 0 amide bonds. The summed E-state index contributed by atoms with van der Waals surface area (Å²) in [6, 6.07) is 0. The zero-order chi connectivity index (χ0) is 83.6. The lowest BCUT2D eigenvalue weighted by Crippen LogP contribution is -2.30. The summed E-state index contributed by atoms with van der Waals surface area (Å²) >= 11 is 0. The first-order valence-electron chi connectivity index (χ1n) is 45.8. The summed E-state index contributed by atoms with van der Waals surface area (Å²) in [4.78, 5) is 58.9. The van der Waals surface area contributed by atoms with Gasteiger partial charge in [0.2, 0.25) is 0 Å². The monoisotopic (exact) mass is 1650 g/mol. The van der Waals surface area contributed by atoms with Crippen LogP contribution in [-0.2, 0) is 55.8 Å². The number of carbonyl (C=O) groups is 3. The Hall–Kier alpha value is -4.83. The maximum atomic E-state index is 13.0. The molecule has 660 valence electrons. The molecule has 0 aliphatic rings. The molecule has 16 nitrogen and oxygen atoms in total. The molecule has 115 heavy (non-hydrogen) atoms. The van der Waals surface area contributed by atoms with E-state index in [1.54, 1.807) is 0 Å². The number of unbranched alkanes of at least 4 members (excludes halogenated alkanes) is 37. The van der Waals surface area contributed by atoms with Gasteiger partial charge < -0.3 is 34.2 Å². The number of rotatable bonds is 86. The summed E-state index contributed by atoms with van der Waals surface area (Å²) < 4.78 is 61.4. The number of hydrogen-bond donors (Lipinski definition) is 4. The maximum Gasteiger partial charge on any atom is 0.472 e. The van der Waals surface area contributed by atoms with Crippen molar-refractivity contribution in [1.82, 2.24) is 0 Å². The van der Waals surface area contributed by atoms with E-state index in [0.717, 1.165) is 180 Å². The second-order valence-corrected chi connectivity index (χ2v) is 33.2. The van der Waals surface area contributed by atoms with Crippen LogP contribution in [0.2, 0.25) is 0 Å². The third-order valence-corrected chi connectivity index (χ3v) is 21.1. The van der Waals surface area contributed by atoms with E-state index >= 15 is 0 Å². The van der Waals surface area contributed by atoms with Gasteiger partial charge in [0.1, 0.15) is 25.4 Å². The standard InChI is InChI=1S/C97H166O16P2/c1-4-7-10-13-16-19-22-25-28-31-33-35-37-39-41-42-43-44-45-46-47-48-50-52-53-55-57-60-62-65-68-71-74-77-80-83-95(100)107-86-92(98)87-109-114(103,104)110-88-93(99)89-111-115(105,106)112-91-94(113-97(102)85-82-79-76-73-70-67-64-59-30-27-24-21-18-15-12-9-6-3)90-108-96(101)84-81-78-75-72-69-66-63-61-58-56-54-51-49-40-38-36-34-32-29-26-23-20-17-14-11-8-5-2/h7-12,16-21,25-30,33-36,39-41,49,92-94,98-99H,4-6,13-15,22-24,31-32,37-38,42-48,50-91H2,1-3H3,(H,103,104)(H,105,106)/b10-7-,11-8-,12-9-,19-16-,20-17-,21-18-,28-25-,29-26-,30-27-,35-33-,36-34-,41-39-,49-40-. The number of aliphatic hydroxyl groups excluding tert-OH is 2. The highest BCUT2D eigenvalue weighted by Gasteiger charge is 2.29. The van der Waals surface area contributed by atoms with Crippen molar-refractivity contribution >= 4 is 33.6 Å². The summed E-state index contributed by atoms with van der Waals surface area (Å²) in [6.45, 7) is 2.38. The third-order valence-electron chi connectivity index (χ3n) is 19.2. The first-order chi connectivity index (χ1) is 56.2. The zero-order valence-electron chi connectivity index (χ0n) is 72.7. The predicted molar refractivity (Wildman–Crippen MR) is 482 cm³/mol. The molecule has 0 radical (unpaired) electrons. The molecule has 0 heterocycles. The Balaban J connectivity index is 4.46. The second kappa shape index (κ2) is 88.5. The number of phosphoric acid groups is 2. The molecule has 0 aromatic rings. The van der Waals surface area contributed by atoms with Gasteiger partial charge in [-0.3, -0.25) is 32.5 Å². The molecule has 0 fully saturated rings. The summed E-state index contributed by atoms with van der Waals surface area (Å²) in [5.74, 6) is -1.58. The van der Waals surface area contributed by atoms with E-state index in [2.05, 4.69) is 179 Å². The van der Waals surface area contributed by atoms with Crippen LogP contribution in [0.15, 0.2) is 158 Å². The average molecular weight is 1650 g/mol. The summed E-state index contributed by atoms with van der Waals surface area (Å²) in [5, 5.41) is 20.7. The topological polar surface area (TPSA) is 231 Å². The number of aliphatic hydroxyl groups is 2. The molecule has 0 rings (SSSR count). The van der Waals surface area contributed by atoms with Gasteiger partial charge in [0.15, 0.2) is 6.10 Å². The minimum atomic E-state index is -4.94. The number of carbonyl (C=O) groups excluding carboxylic acids is 3. The molecule has 0 aromatic heterocycles. The van der Waals surface area contributed by atoms with Crippen LogP contribution in [0, 0.1) is 0 Å². The van der Waals surface area contributed by atoms with Gasteiger partial charge in [0.05, 0.1) is 26.4 Å². The van der Waals surface area contributed by atoms with E-state index in [0.29, 0.717) is 19.3 Å². The normalized spacial score (nSPS) is 14.5. The van der Waals surface area contributed by atoms with Crippen LogP contribution >= 0.6 is 15.6 Å². The van der Waals surface area contributed by atoms with Gasteiger partial charge in [-0.2, -0.15) is 0 Å². The maximum absolute atomic E-state index is 13.0. The molecule has 5 unspecified atom stereocenters. The minimum Gasteiger partial charge on any atom is -0.463 e. The predicted octanol–water partition coefficient (Wildman–Crippen LogP) is 28.1. The highest BCUT2D eigenvalue weighted by atomic mass is 31.2. The van der Waals surface area contributed by atoms with Crippen LogP contribution in [0.1, 0.15) is 380 Å². The molecule has 0 saturated heterocycles. The highest BCUT2D eigenvalue weighted by Crippen LogP contribution is 2.45. The van der Waals surface area contributed by atoms with Crippen molar-refractivity contribution in [2.24, 2.45) is 0 Å². The first-order valence-corrected chi connectivity index (χ1v) is 48.8. The van der Waals surface area contributed by atoms with Gasteiger partial charge in [-0.1, -0.05) is 378 Å².